The highest BCUT2D eigenvalue weighted by atomic mass is 16.6. The molecule has 0 aliphatic carbocycles. The average Bonchev–Trinajstić information content (AvgIpc) is 2.69. The van der Waals surface area contributed by atoms with Crippen molar-refractivity contribution in [1.29, 1.82) is 0 Å². The Balaban J connectivity index is 1.82. The zero-order chi connectivity index (χ0) is 21.0. The van der Waals surface area contributed by atoms with E-state index >= 15 is 0 Å². The van der Waals surface area contributed by atoms with Gasteiger partial charge in [0.05, 0.1) is 0 Å². The number of hydrogen-bond donors (Lipinski definition) is 0. The number of carbonyl (C=O) groups is 1. The summed E-state index contributed by atoms with van der Waals surface area (Å²) in [7, 11) is 0. The predicted molar refractivity (Wildman–Crippen MR) is 112 cm³/mol. The number of ether oxygens (including phenoxy) is 2. The van der Waals surface area contributed by atoms with Crippen LogP contribution in [-0.2, 0) is 16.1 Å². The molecule has 0 amide bonds. The van der Waals surface area contributed by atoms with E-state index in [1.54, 1.807) is 12.1 Å². The van der Waals surface area contributed by atoms with Crippen molar-refractivity contribution >= 4 is 16.9 Å². The van der Waals surface area contributed by atoms with Crippen molar-refractivity contribution in [2.45, 2.75) is 52.7 Å². The maximum atomic E-state index is 12.6. The zero-order valence-corrected chi connectivity index (χ0v) is 17.2. The molecule has 0 spiro atoms. The molecule has 1 atom stereocenters. The summed E-state index contributed by atoms with van der Waals surface area (Å²) in [6, 6.07) is 14.4. The molecule has 0 fully saturated rings. The smallest absolute Gasteiger partial charge is 0.347 e. The van der Waals surface area contributed by atoms with Crippen LogP contribution < -0.4 is 10.4 Å². The molecule has 5 heteroatoms. The van der Waals surface area contributed by atoms with E-state index in [0.717, 1.165) is 16.5 Å². The minimum atomic E-state index is -0.711. The minimum Gasteiger partial charge on any atom is -0.479 e. The van der Waals surface area contributed by atoms with Crippen molar-refractivity contribution in [3.63, 3.8) is 0 Å². The van der Waals surface area contributed by atoms with Gasteiger partial charge in [-0.05, 0) is 54.7 Å². The van der Waals surface area contributed by atoms with Crippen LogP contribution >= 0.6 is 0 Å². The van der Waals surface area contributed by atoms with Crippen LogP contribution in [0.5, 0.6) is 5.75 Å². The van der Waals surface area contributed by atoms with Crippen LogP contribution in [0.2, 0.25) is 0 Å². The molecule has 0 bridgehead atoms. The van der Waals surface area contributed by atoms with Crippen LogP contribution in [0.25, 0.3) is 11.0 Å². The third-order valence-corrected chi connectivity index (χ3v) is 4.86. The summed E-state index contributed by atoms with van der Waals surface area (Å²) >= 11 is 0. The molecule has 5 nitrogen and oxygen atoms in total. The van der Waals surface area contributed by atoms with Gasteiger partial charge in [0.25, 0.3) is 0 Å². The molecule has 2 aromatic carbocycles. The van der Waals surface area contributed by atoms with Gasteiger partial charge in [0.2, 0.25) is 0 Å². The second-order valence-corrected chi connectivity index (χ2v) is 7.39. The van der Waals surface area contributed by atoms with Crippen LogP contribution in [0.4, 0.5) is 0 Å². The van der Waals surface area contributed by atoms with Crippen LogP contribution in [0.3, 0.4) is 0 Å². The fourth-order valence-electron chi connectivity index (χ4n) is 3.34. The van der Waals surface area contributed by atoms with E-state index in [2.05, 4.69) is 13.8 Å². The van der Waals surface area contributed by atoms with Crippen LogP contribution in [-0.4, -0.2) is 12.1 Å². The maximum Gasteiger partial charge on any atom is 0.347 e. The van der Waals surface area contributed by atoms with Gasteiger partial charge in [-0.15, -0.1) is 0 Å². The molecule has 0 unspecified atom stereocenters. The Morgan fingerprint density at radius 1 is 1.10 bits per heavy atom. The first-order valence-corrected chi connectivity index (χ1v) is 9.84. The van der Waals surface area contributed by atoms with Crippen LogP contribution in [0, 0.1) is 6.92 Å². The molecule has 3 rings (SSSR count). The lowest BCUT2D eigenvalue weighted by atomic mass is 9.95. The first-order chi connectivity index (χ1) is 13.9. The molecule has 0 saturated heterocycles. The second kappa shape index (κ2) is 8.95. The van der Waals surface area contributed by atoms with Gasteiger partial charge in [0, 0.05) is 17.0 Å². The van der Waals surface area contributed by atoms with Gasteiger partial charge < -0.3 is 13.9 Å². The molecule has 0 aliphatic heterocycles. The lowest BCUT2D eigenvalue weighted by Crippen LogP contribution is -2.28. The molecule has 3 aromatic rings. The van der Waals surface area contributed by atoms with Crippen molar-refractivity contribution in [2.75, 3.05) is 0 Å². The van der Waals surface area contributed by atoms with Crippen molar-refractivity contribution < 1.29 is 18.7 Å². The Labute approximate surface area is 170 Å². The summed E-state index contributed by atoms with van der Waals surface area (Å²) < 4.78 is 16.6. The number of para-hydroxylation sites is 1. The van der Waals surface area contributed by atoms with E-state index in [0.29, 0.717) is 29.2 Å². The molecule has 0 radical (unpaired) electrons. The summed E-state index contributed by atoms with van der Waals surface area (Å²) in [6.45, 7) is 8.06. The molecule has 0 saturated carbocycles. The highest BCUT2D eigenvalue weighted by Crippen LogP contribution is 2.27. The molecule has 1 heterocycles. The Kier molecular flexibility index (Phi) is 6.37. The monoisotopic (exact) mass is 394 g/mol. The first-order valence-electron chi connectivity index (χ1n) is 9.84. The second-order valence-electron chi connectivity index (χ2n) is 7.39. The largest absolute Gasteiger partial charge is 0.479 e. The Morgan fingerprint density at radius 2 is 1.83 bits per heavy atom. The summed E-state index contributed by atoms with van der Waals surface area (Å²) in [6.07, 6.45) is -0.237. The molecular weight excluding hydrogens is 368 g/mol. The van der Waals surface area contributed by atoms with Gasteiger partial charge in [-0.25, -0.2) is 9.59 Å². The quantitative estimate of drug-likeness (QED) is 0.411. The number of esters is 1. The topological polar surface area (TPSA) is 65.7 Å². The van der Waals surface area contributed by atoms with Crippen molar-refractivity contribution in [1.82, 2.24) is 0 Å². The SMILES string of the molecule is CC[C@@H](Oc1ccccc1)C(=O)OCc1cc(=O)oc2cc(C)c(C(C)C)cc12. The van der Waals surface area contributed by atoms with Crippen molar-refractivity contribution in [3.8, 4) is 5.75 Å². The Hall–Kier alpha value is -3.08. The lowest BCUT2D eigenvalue weighted by molar-refractivity contribution is -0.153. The third kappa shape index (κ3) is 4.86. The van der Waals surface area contributed by atoms with E-state index in [1.165, 1.54) is 6.07 Å². The zero-order valence-electron chi connectivity index (χ0n) is 17.2. The van der Waals surface area contributed by atoms with Gasteiger partial charge >= 0.3 is 11.6 Å². The predicted octanol–water partition coefficient (Wildman–Crippen LogP) is 5.13. The highest BCUT2D eigenvalue weighted by Gasteiger charge is 2.21. The normalized spacial score (nSPS) is 12.2. The van der Waals surface area contributed by atoms with Gasteiger partial charge in [0.1, 0.15) is 17.9 Å². The first kappa shape index (κ1) is 20.6. The number of fused-ring (bicyclic) bond motifs is 1. The van der Waals surface area contributed by atoms with E-state index in [9.17, 15) is 9.59 Å². The fraction of sp³-hybridized carbons (Fsp3) is 0.333. The fourth-order valence-corrected chi connectivity index (χ4v) is 3.34. The lowest BCUT2D eigenvalue weighted by Gasteiger charge is -2.17. The van der Waals surface area contributed by atoms with E-state index in [4.69, 9.17) is 13.9 Å². The number of benzene rings is 2. The molecule has 152 valence electrons. The highest BCUT2D eigenvalue weighted by molar-refractivity contribution is 5.82. The van der Waals surface area contributed by atoms with E-state index in [1.807, 2.05) is 44.2 Å². The molecule has 0 aliphatic rings. The molecular formula is C24H26O5. The standard InChI is InChI=1S/C24H26O5/c1-5-21(28-18-9-7-6-8-10-18)24(26)27-14-17-12-23(25)29-22-11-16(4)19(15(2)3)13-20(17)22/h6-13,15,21H,5,14H2,1-4H3/t21-/m1/s1. The summed E-state index contributed by atoms with van der Waals surface area (Å²) in [4.78, 5) is 24.5. The van der Waals surface area contributed by atoms with Gasteiger partial charge in [0.15, 0.2) is 6.10 Å². The molecule has 0 N–H and O–H groups in total. The van der Waals surface area contributed by atoms with Crippen LogP contribution in [0.15, 0.2) is 57.7 Å². The molecule has 1 aromatic heterocycles. The van der Waals surface area contributed by atoms with Gasteiger partial charge in [-0.2, -0.15) is 0 Å². The Morgan fingerprint density at radius 3 is 2.48 bits per heavy atom. The number of carbonyl (C=O) groups excluding carboxylic acids is 1. The third-order valence-electron chi connectivity index (χ3n) is 4.86. The summed E-state index contributed by atoms with van der Waals surface area (Å²) in [5.74, 6) is 0.471. The average molecular weight is 394 g/mol. The maximum absolute atomic E-state index is 12.6. The van der Waals surface area contributed by atoms with Crippen molar-refractivity contribution in [3.05, 3.63) is 75.6 Å². The minimum absolute atomic E-state index is 0.0177. The van der Waals surface area contributed by atoms with E-state index < -0.39 is 17.7 Å². The van der Waals surface area contributed by atoms with Crippen molar-refractivity contribution in [2.24, 2.45) is 0 Å². The number of aryl methyl sites for hydroxylation is 1. The molecule has 29 heavy (non-hydrogen) atoms. The van der Waals surface area contributed by atoms with Gasteiger partial charge in [-0.3, -0.25) is 0 Å². The van der Waals surface area contributed by atoms with Crippen LogP contribution in [0.1, 0.15) is 49.8 Å². The summed E-state index contributed by atoms with van der Waals surface area (Å²) in [5, 5.41) is 0.781. The van der Waals surface area contributed by atoms with Gasteiger partial charge in [-0.1, -0.05) is 39.0 Å². The van der Waals surface area contributed by atoms with E-state index in [-0.39, 0.29) is 6.61 Å². The summed E-state index contributed by atoms with van der Waals surface area (Å²) in [5.41, 5.74) is 2.89. The number of rotatable bonds is 7. The number of hydrogen-bond acceptors (Lipinski definition) is 5. The Bertz CT molecular complexity index is 1050.